The molecule has 3 aromatic carbocycles. The standard InChI is InChI=1S/C37H41NO7/c1-25(33-26(2)43-36(42)45-33)37(3,35(40)41)30-18-16-27(17-19-30)32(39)15-10-22-38-23-20-31(21-24-38)44-34(28-11-6-4-7-12-28)29-13-8-5-9-14-29/h4-9,11-14,16-19,25,31,34H,10,15,20-24H2,1-3H3,(H,40,41). The Kier molecular flexibility index (Phi) is 10.2. The van der Waals surface area contributed by atoms with E-state index in [4.69, 9.17) is 13.6 Å². The molecule has 0 bridgehead atoms. The van der Waals surface area contributed by atoms with Gasteiger partial charge in [-0.2, -0.15) is 0 Å². The molecule has 0 radical (unpaired) electrons. The van der Waals surface area contributed by atoms with Gasteiger partial charge in [-0.25, -0.2) is 4.79 Å². The van der Waals surface area contributed by atoms with Gasteiger partial charge < -0.3 is 23.6 Å². The molecule has 1 saturated heterocycles. The van der Waals surface area contributed by atoms with Crippen molar-refractivity contribution in [1.29, 1.82) is 0 Å². The van der Waals surface area contributed by atoms with Crippen molar-refractivity contribution >= 4 is 11.8 Å². The van der Waals surface area contributed by atoms with Crippen LogP contribution in [0.3, 0.4) is 0 Å². The normalized spacial score (nSPS) is 16.4. The van der Waals surface area contributed by atoms with E-state index >= 15 is 0 Å². The van der Waals surface area contributed by atoms with Crippen LogP contribution in [0.25, 0.3) is 0 Å². The van der Waals surface area contributed by atoms with E-state index in [9.17, 15) is 19.5 Å². The molecule has 1 N–H and O–H groups in total. The molecule has 45 heavy (non-hydrogen) atoms. The molecular weight excluding hydrogens is 570 g/mol. The Morgan fingerprint density at radius 3 is 2.02 bits per heavy atom. The molecule has 236 valence electrons. The van der Waals surface area contributed by atoms with Crippen molar-refractivity contribution in [3.8, 4) is 0 Å². The molecule has 2 heterocycles. The summed E-state index contributed by atoms with van der Waals surface area (Å²) in [6, 6.07) is 27.4. The van der Waals surface area contributed by atoms with Crippen LogP contribution in [0.5, 0.6) is 0 Å². The van der Waals surface area contributed by atoms with Crippen LogP contribution < -0.4 is 5.82 Å². The maximum atomic E-state index is 13.0. The van der Waals surface area contributed by atoms with Crippen molar-refractivity contribution < 1.29 is 28.3 Å². The molecule has 0 saturated carbocycles. The van der Waals surface area contributed by atoms with Gasteiger partial charge in [0.15, 0.2) is 11.5 Å². The van der Waals surface area contributed by atoms with E-state index in [0.29, 0.717) is 17.5 Å². The third-order valence-electron chi connectivity index (χ3n) is 9.23. The maximum Gasteiger partial charge on any atom is 0.519 e. The molecule has 2 unspecified atom stereocenters. The third-order valence-corrected chi connectivity index (χ3v) is 9.23. The van der Waals surface area contributed by atoms with Gasteiger partial charge in [0.1, 0.15) is 11.9 Å². The number of ketones is 1. The summed E-state index contributed by atoms with van der Waals surface area (Å²) >= 11 is 0. The topological polar surface area (TPSA) is 110 Å². The third kappa shape index (κ3) is 7.35. The van der Waals surface area contributed by atoms with Crippen LogP contribution in [0.15, 0.2) is 98.6 Å². The molecule has 0 aliphatic carbocycles. The van der Waals surface area contributed by atoms with Gasteiger partial charge in [-0.3, -0.25) is 9.59 Å². The van der Waals surface area contributed by atoms with Gasteiger partial charge in [0.25, 0.3) is 0 Å². The fourth-order valence-corrected chi connectivity index (χ4v) is 6.25. The Morgan fingerprint density at radius 1 is 0.933 bits per heavy atom. The number of carbonyl (C=O) groups excluding carboxylic acids is 1. The van der Waals surface area contributed by atoms with Gasteiger partial charge in [0.05, 0.1) is 11.5 Å². The largest absolute Gasteiger partial charge is 0.519 e. The second-order valence-electron chi connectivity index (χ2n) is 12.1. The van der Waals surface area contributed by atoms with Crippen LogP contribution in [-0.2, 0) is 14.9 Å². The van der Waals surface area contributed by atoms with Crippen LogP contribution in [-0.4, -0.2) is 47.5 Å². The zero-order valence-corrected chi connectivity index (χ0v) is 26.1. The Balaban J connectivity index is 1.12. The minimum absolute atomic E-state index is 0.0232. The summed E-state index contributed by atoms with van der Waals surface area (Å²) in [6.07, 6.45) is 3.10. The average Bonchev–Trinajstić information content (AvgIpc) is 3.41. The molecular formula is C37H41NO7. The monoisotopic (exact) mass is 611 g/mol. The second-order valence-corrected chi connectivity index (χ2v) is 12.1. The van der Waals surface area contributed by atoms with Crippen molar-refractivity contribution in [2.75, 3.05) is 19.6 Å². The van der Waals surface area contributed by atoms with Gasteiger partial charge in [-0.15, -0.1) is 0 Å². The number of likely N-dealkylation sites (tertiary alicyclic amines) is 1. The van der Waals surface area contributed by atoms with Crippen molar-refractivity contribution in [2.24, 2.45) is 0 Å². The Hall–Kier alpha value is -4.27. The van der Waals surface area contributed by atoms with Crippen molar-refractivity contribution in [3.63, 3.8) is 0 Å². The van der Waals surface area contributed by atoms with E-state index in [1.54, 1.807) is 45.0 Å². The van der Waals surface area contributed by atoms with Gasteiger partial charge in [0.2, 0.25) is 0 Å². The molecule has 8 nitrogen and oxygen atoms in total. The molecule has 1 aromatic heterocycles. The number of hydrogen-bond acceptors (Lipinski definition) is 7. The SMILES string of the molecule is Cc1oc(=O)oc1C(C)C(C)(C(=O)O)c1ccc(C(=O)CCCN2CCC(OC(c3ccccc3)c3ccccc3)CC2)cc1. The van der Waals surface area contributed by atoms with Crippen molar-refractivity contribution in [2.45, 2.75) is 70.0 Å². The second kappa shape index (κ2) is 14.2. The first-order chi connectivity index (χ1) is 21.7. The highest BCUT2D eigenvalue weighted by atomic mass is 16.6. The van der Waals surface area contributed by atoms with Gasteiger partial charge in [-0.1, -0.05) is 91.9 Å². The molecule has 4 aromatic rings. The number of carboxylic acids is 1. The molecule has 1 aliphatic heterocycles. The molecule has 1 fully saturated rings. The summed E-state index contributed by atoms with van der Waals surface area (Å²) < 4.78 is 16.8. The number of Topliss-reactive ketones (excluding diaryl/α,β-unsaturated/α-hetero) is 1. The highest BCUT2D eigenvalue weighted by Gasteiger charge is 2.44. The number of nitrogens with zero attached hydrogens (tertiary/aromatic N) is 1. The van der Waals surface area contributed by atoms with Crippen molar-refractivity contribution in [3.05, 3.63) is 129 Å². The zero-order valence-electron chi connectivity index (χ0n) is 26.1. The first-order valence-corrected chi connectivity index (χ1v) is 15.6. The maximum absolute atomic E-state index is 13.0. The molecule has 0 spiro atoms. The van der Waals surface area contributed by atoms with E-state index in [2.05, 4.69) is 29.2 Å². The lowest BCUT2D eigenvalue weighted by atomic mass is 9.71. The van der Waals surface area contributed by atoms with Crippen LogP contribution in [0.1, 0.15) is 90.1 Å². The molecule has 5 rings (SSSR count). The fraction of sp³-hybridized carbons (Fsp3) is 0.378. The Labute approximate surface area is 263 Å². The van der Waals surface area contributed by atoms with E-state index < -0.39 is 23.1 Å². The first-order valence-electron chi connectivity index (χ1n) is 15.6. The molecule has 1 aliphatic rings. The summed E-state index contributed by atoms with van der Waals surface area (Å²) in [5.74, 6) is -2.13. The summed E-state index contributed by atoms with van der Waals surface area (Å²) in [5.41, 5.74) is 1.96. The van der Waals surface area contributed by atoms with Crippen LogP contribution >= 0.6 is 0 Å². The highest BCUT2D eigenvalue weighted by molar-refractivity contribution is 5.96. The Bertz CT molecular complexity index is 1580. The number of ether oxygens (including phenoxy) is 1. The van der Waals surface area contributed by atoms with Crippen LogP contribution in [0.2, 0.25) is 0 Å². The summed E-state index contributed by atoms with van der Waals surface area (Å²) in [5, 5.41) is 10.2. The summed E-state index contributed by atoms with van der Waals surface area (Å²) in [4.78, 5) is 39.4. The quantitative estimate of drug-likeness (QED) is 0.162. The number of hydrogen-bond donors (Lipinski definition) is 1. The minimum atomic E-state index is -1.40. The van der Waals surface area contributed by atoms with E-state index in [-0.39, 0.29) is 29.5 Å². The number of benzene rings is 3. The lowest BCUT2D eigenvalue weighted by Gasteiger charge is -2.34. The van der Waals surface area contributed by atoms with E-state index in [1.165, 1.54) is 0 Å². The summed E-state index contributed by atoms with van der Waals surface area (Å²) in [6.45, 7) is 7.53. The first kappa shape index (κ1) is 32.1. The van der Waals surface area contributed by atoms with Crippen molar-refractivity contribution in [1.82, 2.24) is 4.90 Å². The van der Waals surface area contributed by atoms with Gasteiger partial charge in [0, 0.05) is 31.0 Å². The number of piperidine rings is 1. The number of carboxylic acid groups (broad SMARTS) is 1. The predicted octanol–water partition coefficient (Wildman–Crippen LogP) is 6.92. The lowest BCUT2D eigenvalue weighted by molar-refractivity contribution is -0.144. The predicted molar refractivity (Wildman–Crippen MR) is 171 cm³/mol. The number of aryl methyl sites for hydroxylation is 1. The van der Waals surface area contributed by atoms with Crippen LogP contribution in [0.4, 0.5) is 0 Å². The van der Waals surface area contributed by atoms with E-state index in [1.807, 2.05) is 36.4 Å². The molecule has 0 amide bonds. The lowest BCUT2D eigenvalue weighted by Crippen LogP contribution is -2.38. The van der Waals surface area contributed by atoms with Crippen LogP contribution in [0, 0.1) is 6.92 Å². The summed E-state index contributed by atoms with van der Waals surface area (Å²) in [7, 11) is 0. The molecule has 2 atom stereocenters. The fourth-order valence-electron chi connectivity index (χ4n) is 6.25. The number of carbonyl (C=O) groups is 2. The van der Waals surface area contributed by atoms with Gasteiger partial charge in [-0.05, 0) is 56.3 Å². The highest BCUT2D eigenvalue weighted by Crippen LogP contribution is 2.40. The minimum Gasteiger partial charge on any atom is -0.481 e. The molecule has 8 heteroatoms. The average molecular weight is 612 g/mol. The number of rotatable bonds is 13. The number of aliphatic carboxylic acids is 1. The van der Waals surface area contributed by atoms with Gasteiger partial charge >= 0.3 is 11.8 Å². The zero-order chi connectivity index (χ0) is 32.0. The smallest absolute Gasteiger partial charge is 0.481 e. The Morgan fingerprint density at radius 2 is 1.51 bits per heavy atom. The van der Waals surface area contributed by atoms with E-state index in [0.717, 1.165) is 50.0 Å².